The van der Waals surface area contributed by atoms with E-state index in [0.29, 0.717) is 17.8 Å². The van der Waals surface area contributed by atoms with E-state index >= 15 is 0 Å². The van der Waals surface area contributed by atoms with Crippen LogP contribution in [-0.2, 0) is 0 Å². The number of fused-ring (bicyclic) bond motifs is 1. The number of hydrogen-bond acceptors (Lipinski definition) is 6. The first kappa shape index (κ1) is 14.9. The Morgan fingerprint density at radius 3 is 2.75 bits per heavy atom. The van der Waals surface area contributed by atoms with Crippen molar-refractivity contribution in [2.75, 3.05) is 11.1 Å². The fraction of sp³-hybridized carbons (Fsp3) is 0.353. The first-order chi connectivity index (χ1) is 11.7. The van der Waals surface area contributed by atoms with E-state index in [1.165, 1.54) is 0 Å². The molecule has 3 aromatic heterocycles. The summed E-state index contributed by atoms with van der Waals surface area (Å²) < 4.78 is 1.75. The summed E-state index contributed by atoms with van der Waals surface area (Å²) in [5.74, 6) is 1.63. The molecule has 0 radical (unpaired) electrons. The van der Waals surface area contributed by atoms with Crippen LogP contribution in [0.3, 0.4) is 0 Å². The molecule has 1 saturated carbocycles. The predicted molar refractivity (Wildman–Crippen MR) is 94.1 cm³/mol. The number of nitrogens with two attached hydrogens (primary N) is 2. The normalized spacial score (nSPS) is 21.0. The van der Waals surface area contributed by atoms with Crippen molar-refractivity contribution in [2.45, 2.75) is 37.6 Å². The van der Waals surface area contributed by atoms with E-state index in [1.54, 1.807) is 16.8 Å². The van der Waals surface area contributed by atoms with Crippen LogP contribution >= 0.6 is 0 Å². The van der Waals surface area contributed by atoms with Gasteiger partial charge in [-0.15, -0.1) is 5.10 Å². The largest absolute Gasteiger partial charge is 0.382 e. The molecule has 3 aromatic rings. The molecule has 1 aliphatic rings. The molecular formula is C17H21N7. The average molecular weight is 323 g/mol. The number of pyridine rings is 1. The molecule has 24 heavy (non-hydrogen) atoms. The first-order valence-corrected chi connectivity index (χ1v) is 8.28. The molecule has 0 saturated heterocycles. The summed E-state index contributed by atoms with van der Waals surface area (Å²) in [6, 6.07) is 7.83. The summed E-state index contributed by atoms with van der Waals surface area (Å²) in [4.78, 5) is 9.10. The Balaban J connectivity index is 1.69. The summed E-state index contributed by atoms with van der Waals surface area (Å²) in [7, 11) is 0. The zero-order valence-electron chi connectivity index (χ0n) is 13.4. The molecule has 124 valence electrons. The number of nitrogens with one attached hydrogen (secondary N) is 1. The molecule has 3 heterocycles. The van der Waals surface area contributed by atoms with Gasteiger partial charge in [0.15, 0.2) is 5.65 Å². The number of rotatable bonds is 3. The fourth-order valence-electron chi connectivity index (χ4n) is 3.29. The van der Waals surface area contributed by atoms with E-state index in [4.69, 9.17) is 16.5 Å². The Kier molecular flexibility index (Phi) is 3.78. The Hall–Kier alpha value is -2.67. The molecule has 0 bridgehead atoms. The van der Waals surface area contributed by atoms with Crippen molar-refractivity contribution in [3.8, 4) is 0 Å². The van der Waals surface area contributed by atoms with Crippen molar-refractivity contribution in [1.82, 2.24) is 19.6 Å². The number of nitrogens with zero attached hydrogens (tertiary/aromatic N) is 4. The summed E-state index contributed by atoms with van der Waals surface area (Å²) in [5.41, 5.74) is 14.6. The quantitative estimate of drug-likeness (QED) is 0.683. The molecular weight excluding hydrogens is 302 g/mol. The number of nitrogen functional groups attached to an aromatic ring is 1. The molecule has 0 aliphatic heterocycles. The summed E-state index contributed by atoms with van der Waals surface area (Å²) in [5, 5.41) is 7.63. The highest BCUT2D eigenvalue weighted by atomic mass is 15.3. The monoisotopic (exact) mass is 323 g/mol. The van der Waals surface area contributed by atoms with E-state index in [2.05, 4.69) is 15.4 Å². The Bertz CT molecular complexity index is 835. The van der Waals surface area contributed by atoms with E-state index in [-0.39, 0.29) is 0 Å². The lowest BCUT2D eigenvalue weighted by Gasteiger charge is -2.24. The van der Waals surface area contributed by atoms with Crippen LogP contribution in [0, 0.1) is 0 Å². The predicted octanol–water partition coefficient (Wildman–Crippen LogP) is 2.44. The zero-order valence-corrected chi connectivity index (χ0v) is 13.4. The van der Waals surface area contributed by atoms with Crippen LogP contribution in [0.25, 0.3) is 5.65 Å². The smallest absolute Gasteiger partial charge is 0.177 e. The molecule has 0 spiro atoms. The molecule has 0 unspecified atom stereocenters. The van der Waals surface area contributed by atoms with Crippen LogP contribution in [0.4, 0.5) is 17.3 Å². The number of anilines is 3. The summed E-state index contributed by atoms with van der Waals surface area (Å²) in [6.07, 6.45) is 7.97. The average Bonchev–Trinajstić information content (AvgIpc) is 3.00. The van der Waals surface area contributed by atoms with Gasteiger partial charge < -0.3 is 16.8 Å². The Morgan fingerprint density at radius 2 is 2.00 bits per heavy atom. The maximum absolute atomic E-state index is 6.01. The first-order valence-electron chi connectivity index (χ1n) is 8.28. The lowest BCUT2D eigenvalue weighted by molar-refractivity contribution is 0.391. The third-order valence-corrected chi connectivity index (χ3v) is 4.58. The van der Waals surface area contributed by atoms with Crippen molar-refractivity contribution < 1.29 is 0 Å². The molecule has 5 N–H and O–H groups in total. The van der Waals surface area contributed by atoms with Gasteiger partial charge in [0.25, 0.3) is 0 Å². The fourth-order valence-corrected chi connectivity index (χ4v) is 3.29. The van der Waals surface area contributed by atoms with Gasteiger partial charge >= 0.3 is 0 Å². The molecule has 7 heteroatoms. The van der Waals surface area contributed by atoms with Gasteiger partial charge in [-0.25, -0.2) is 14.5 Å². The second-order valence-electron chi connectivity index (χ2n) is 6.37. The van der Waals surface area contributed by atoms with Crippen LogP contribution in [0.2, 0.25) is 0 Å². The maximum Gasteiger partial charge on any atom is 0.177 e. The van der Waals surface area contributed by atoms with Gasteiger partial charge in [0.2, 0.25) is 0 Å². The minimum atomic E-state index is 0.327. The molecule has 0 atom stereocenters. The third kappa shape index (κ3) is 2.90. The SMILES string of the molecule is Nc1cc(Nc2ccccn2)c2nc(C3CCC(N)CC3)cn2n1. The van der Waals surface area contributed by atoms with Crippen LogP contribution in [0.1, 0.15) is 37.3 Å². The summed E-state index contributed by atoms with van der Waals surface area (Å²) in [6.45, 7) is 0. The standard InChI is InChI=1S/C17H21N7/c18-12-6-4-11(5-7-12)14-10-24-17(22-14)13(9-15(19)23-24)21-16-3-1-2-8-20-16/h1-3,8-12H,4-7,18H2,(H2,19,23)(H,20,21). The van der Waals surface area contributed by atoms with Gasteiger partial charge in [-0.3, -0.25) is 0 Å². The molecule has 0 aromatic carbocycles. The Morgan fingerprint density at radius 1 is 1.17 bits per heavy atom. The minimum Gasteiger partial charge on any atom is -0.382 e. The number of imidazole rings is 1. The van der Waals surface area contributed by atoms with Gasteiger partial charge in [0.1, 0.15) is 11.6 Å². The van der Waals surface area contributed by atoms with Gasteiger partial charge in [-0.05, 0) is 37.8 Å². The third-order valence-electron chi connectivity index (χ3n) is 4.58. The lowest BCUT2D eigenvalue weighted by Crippen LogP contribution is -2.25. The van der Waals surface area contributed by atoms with Crippen molar-refractivity contribution in [1.29, 1.82) is 0 Å². The molecule has 1 fully saturated rings. The van der Waals surface area contributed by atoms with Crippen molar-refractivity contribution in [2.24, 2.45) is 5.73 Å². The van der Waals surface area contributed by atoms with Crippen LogP contribution in [0.15, 0.2) is 36.7 Å². The zero-order chi connectivity index (χ0) is 16.5. The van der Waals surface area contributed by atoms with Crippen LogP contribution in [0.5, 0.6) is 0 Å². The van der Waals surface area contributed by atoms with E-state index in [9.17, 15) is 0 Å². The lowest BCUT2D eigenvalue weighted by atomic mass is 9.85. The highest BCUT2D eigenvalue weighted by molar-refractivity contribution is 5.74. The molecule has 4 rings (SSSR count). The van der Waals surface area contributed by atoms with E-state index in [0.717, 1.165) is 48.5 Å². The van der Waals surface area contributed by atoms with Gasteiger partial charge in [0.05, 0.1) is 17.6 Å². The highest BCUT2D eigenvalue weighted by Crippen LogP contribution is 2.33. The number of hydrogen-bond donors (Lipinski definition) is 3. The second-order valence-corrected chi connectivity index (χ2v) is 6.37. The molecule has 7 nitrogen and oxygen atoms in total. The molecule has 1 aliphatic carbocycles. The van der Waals surface area contributed by atoms with Gasteiger partial charge in [0, 0.05) is 24.2 Å². The minimum absolute atomic E-state index is 0.327. The Labute approximate surface area is 140 Å². The van der Waals surface area contributed by atoms with Crippen LogP contribution < -0.4 is 16.8 Å². The van der Waals surface area contributed by atoms with Crippen LogP contribution in [-0.4, -0.2) is 25.6 Å². The molecule has 0 amide bonds. The number of aromatic nitrogens is 4. The summed E-state index contributed by atoms with van der Waals surface area (Å²) >= 11 is 0. The second kappa shape index (κ2) is 6.09. The van der Waals surface area contributed by atoms with Gasteiger partial charge in [-0.1, -0.05) is 6.07 Å². The van der Waals surface area contributed by atoms with Crippen molar-refractivity contribution in [3.63, 3.8) is 0 Å². The van der Waals surface area contributed by atoms with E-state index in [1.807, 2.05) is 24.4 Å². The maximum atomic E-state index is 6.01. The van der Waals surface area contributed by atoms with Crippen molar-refractivity contribution >= 4 is 23.0 Å². The van der Waals surface area contributed by atoms with Gasteiger partial charge in [-0.2, -0.15) is 0 Å². The highest BCUT2D eigenvalue weighted by Gasteiger charge is 2.23. The van der Waals surface area contributed by atoms with Crippen molar-refractivity contribution in [3.05, 3.63) is 42.4 Å². The topological polar surface area (TPSA) is 107 Å². The van der Waals surface area contributed by atoms with E-state index < -0.39 is 0 Å².